The van der Waals surface area contributed by atoms with E-state index in [1.807, 2.05) is 31.2 Å². The zero-order valence-electron chi connectivity index (χ0n) is 13.3. The maximum absolute atomic E-state index is 6.26. The van der Waals surface area contributed by atoms with Gasteiger partial charge in [-0.25, -0.2) is 0 Å². The quantitative estimate of drug-likeness (QED) is 0.839. The number of ether oxygens (including phenoxy) is 3. The van der Waals surface area contributed by atoms with Gasteiger partial charge >= 0.3 is 0 Å². The van der Waals surface area contributed by atoms with Crippen LogP contribution in [0.4, 0.5) is 0 Å². The minimum absolute atomic E-state index is 0.0411. The second-order valence-corrected chi connectivity index (χ2v) is 5.78. The van der Waals surface area contributed by atoms with E-state index in [1.165, 1.54) is 0 Å². The molecule has 0 amide bonds. The van der Waals surface area contributed by atoms with Crippen LogP contribution in [0.15, 0.2) is 24.3 Å². The van der Waals surface area contributed by atoms with Gasteiger partial charge < -0.3 is 19.5 Å². The average Bonchev–Trinajstić information content (AvgIpc) is 2.49. The van der Waals surface area contributed by atoms with Crippen molar-refractivity contribution in [3.63, 3.8) is 0 Å². The van der Waals surface area contributed by atoms with E-state index in [0.717, 1.165) is 37.6 Å². The van der Waals surface area contributed by atoms with Crippen molar-refractivity contribution in [3.05, 3.63) is 24.3 Å². The fourth-order valence-electron chi connectivity index (χ4n) is 2.55. The lowest BCUT2D eigenvalue weighted by molar-refractivity contribution is -0.0487. The zero-order valence-corrected chi connectivity index (χ0v) is 13.3. The maximum atomic E-state index is 6.26. The van der Waals surface area contributed by atoms with E-state index in [0.29, 0.717) is 12.5 Å². The largest absolute Gasteiger partial charge is 0.490 e. The summed E-state index contributed by atoms with van der Waals surface area (Å²) in [7, 11) is 0. The molecular formula is C17H27NO3. The summed E-state index contributed by atoms with van der Waals surface area (Å²) in [5.74, 6) is 2.16. The lowest BCUT2D eigenvalue weighted by Gasteiger charge is -2.32. The van der Waals surface area contributed by atoms with Crippen LogP contribution in [0.5, 0.6) is 11.5 Å². The summed E-state index contributed by atoms with van der Waals surface area (Å²) in [4.78, 5) is 0. The number of benzene rings is 1. The van der Waals surface area contributed by atoms with Gasteiger partial charge in [-0.15, -0.1) is 0 Å². The van der Waals surface area contributed by atoms with E-state index >= 15 is 0 Å². The third kappa shape index (κ3) is 4.90. The van der Waals surface area contributed by atoms with Crippen LogP contribution >= 0.6 is 0 Å². The van der Waals surface area contributed by atoms with Crippen molar-refractivity contribution in [2.24, 2.45) is 5.92 Å². The molecule has 1 fully saturated rings. The first kappa shape index (κ1) is 16.1. The number of morpholine rings is 1. The van der Waals surface area contributed by atoms with Gasteiger partial charge in [0.1, 0.15) is 12.2 Å². The second-order valence-electron chi connectivity index (χ2n) is 5.78. The Hall–Kier alpha value is -1.26. The van der Waals surface area contributed by atoms with Crippen LogP contribution in [0, 0.1) is 5.92 Å². The van der Waals surface area contributed by atoms with E-state index < -0.39 is 0 Å². The highest BCUT2D eigenvalue weighted by molar-refractivity contribution is 5.39. The molecular weight excluding hydrogens is 266 g/mol. The third-order valence-corrected chi connectivity index (χ3v) is 3.50. The molecule has 1 aromatic rings. The second kappa shape index (κ2) is 8.25. The molecule has 1 aliphatic heterocycles. The third-order valence-electron chi connectivity index (χ3n) is 3.50. The van der Waals surface area contributed by atoms with Crippen molar-refractivity contribution in [2.45, 2.75) is 39.4 Å². The summed E-state index contributed by atoms with van der Waals surface area (Å²) in [6, 6.07) is 7.86. The first-order chi connectivity index (χ1) is 10.2. The van der Waals surface area contributed by atoms with Crippen LogP contribution in [0.25, 0.3) is 0 Å². The molecule has 118 valence electrons. The SMILES string of the molecule is CCOc1ccccc1O[C@@H](CC(C)C)C1CNCCO1. The summed E-state index contributed by atoms with van der Waals surface area (Å²) in [5.41, 5.74) is 0. The molecule has 2 rings (SSSR count). The summed E-state index contributed by atoms with van der Waals surface area (Å²) in [5, 5.41) is 3.38. The van der Waals surface area contributed by atoms with E-state index in [9.17, 15) is 0 Å². The molecule has 0 spiro atoms. The molecule has 4 nitrogen and oxygen atoms in total. The van der Waals surface area contributed by atoms with Gasteiger partial charge in [0.05, 0.1) is 13.2 Å². The monoisotopic (exact) mass is 293 g/mol. The van der Waals surface area contributed by atoms with E-state index in [4.69, 9.17) is 14.2 Å². The smallest absolute Gasteiger partial charge is 0.161 e. The van der Waals surface area contributed by atoms with E-state index in [2.05, 4.69) is 19.2 Å². The van der Waals surface area contributed by atoms with Gasteiger partial charge in [0.25, 0.3) is 0 Å². The van der Waals surface area contributed by atoms with Crippen LogP contribution in [0.1, 0.15) is 27.2 Å². The minimum atomic E-state index is 0.0411. The molecule has 1 aliphatic rings. The molecule has 0 radical (unpaired) electrons. The predicted molar refractivity (Wildman–Crippen MR) is 84.1 cm³/mol. The maximum Gasteiger partial charge on any atom is 0.161 e. The minimum Gasteiger partial charge on any atom is -0.490 e. The lowest BCUT2D eigenvalue weighted by atomic mass is 10.0. The summed E-state index contributed by atoms with van der Waals surface area (Å²) < 4.78 is 17.8. The first-order valence-corrected chi connectivity index (χ1v) is 7.91. The van der Waals surface area contributed by atoms with Crippen LogP contribution in [0.2, 0.25) is 0 Å². The topological polar surface area (TPSA) is 39.7 Å². The molecule has 0 aliphatic carbocycles. The highest BCUT2D eigenvalue weighted by Gasteiger charge is 2.27. The number of nitrogens with one attached hydrogen (secondary N) is 1. The van der Waals surface area contributed by atoms with Crippen molar-refractivity contribution >= 4 is 0 Å². The molecule has 1 aromatic carbocycles. The number of hydrogen-bond acceptors (Lipinski definition) is 4. The fourth-order valence-corrected chi connectivity index (χ4v) is 2.55. The van der Waals surface area contributed by atoms with Crippen LogP contribution in [-0.2, 0) is 4.74 Å². The Morgan fingerprint density at radius 3 is 2.67 bits per heavy atom. The Balaban J connectivity index is 2.10. The van der Waals surface area contributed by atoms with Crippen molar-refractivity contribution in [1.82, 2.24) is 5.32 Å². The number of rotatable bonds is 7. The highest BCUT2D eigenvalue weighted by atomic mass is 16.6. The number of hydrogen-bond donors (Lipinski definition) is 1. The van der Waals surface area contributed by atoms with Crippen LogP contribution < -0.4 is 14.8 Å². The summed E-state index contributed by atoms with van der Waals surface area (Å²) in [6.07, 6.45) is 1.10. The molecule has 2 atom stereocenters. The van der Waals surface area contributed by atoms with Crippen molar-refractivity contribution < 1.29 is 14.2 Å². The van der Waals surface area contributed by atoms with Gasteiger partial charge in [-0.05, 0) is 31.4 Å². The Bertz CT molecular complexity index is 416. The van der Waals surface area contributed by atoms with Crippen LogP contribution in [0.3, 0.4) is 0 Å². The summed E-state index contributed by atoms with van der Waals surface area (Å²) in [6.45, 7) is 9.54. The highest BCUT2D eigenvalue weighted by Crippen LogP contribution is 2.29. The molecule has 4 heteroatoms. The molecule has 21 heavy (non-hydrogen) atoms. The Morgan fingerprint density at radius 2 is 2.05 bits per heavy atom. The Labute approximate surface area is 127 Å². The van der Waals surface area contributed by atoms with E-state index in [1.54, 1.807) is 0 Å². The van der Waals surface area contributed by atoms with Crippen LogP contribution in [-0.4, -0.2) is 38.5 Å². The molecule has 1 saturated heterocycles. The predicted octanol–water partition coefficient (Wildman–Crippen LogP) is 2.87. The standard InChI is InChI=1S/C17H27NO3/c1-4-19-14-7-5-6-8-15(14)21-16(11-13(2)3)17-12-18-9-10-20-17/h5-8,13,16-18H,4,9-12H2,1-3H3/t16-,17?/m0/s1. The molecule has 1 unspecified atom stereocenters. The van der Waals surface area contributed by atoms with Gasteiger partial charge in [-0.2, -0.15) is 0 Å². The summed E-state index contributed by atoms with van der Waals surface area (Å²) >= 11 is 0. The average molecular weight is 293 g/mol. The fraction of sp³-hybridized carbons (Fsp3) is 0.647. The van der Waals surface area contributed by atoms with E-state index in [-0.39, 0.29) is 12.2 Å². The lowest BCUT2D eigenvalue weighted by Crippen LogP contribution is -2.47. The van der Waals surface area contributed by atoms with Gasteiger partial charge in [0.15, 0.2) is 11.5 Å². The molecule has 0 aromatic heterocycles. The number of para-hydroxylation sites is 2. The zero-order chi connectivity index (χ0) is 15.1. The normalized spacial score (nSPS) is 20.3. The van der Waals surface area contributed by atoms with Gasteiger partial charge in [0, 0.05) is 13.1 Å². The van der Waals surface area contributed by atoms with Crippen molar-refractivity contribution in [3.8, 4) is 11.5 Å². The molecule has 1 N–H and O–H groups in total. The van der Waals surface area contributed by atoms with Gasteiger partial charge in [-0.3, -0.25) is 0 Å². The molecule has 0 saturated carbocycles. The Morgan fingerprint density at radius 1 is 1.29 bits per heavy atom. The molecule has 0 bridgehead atoms. The van der Waals surface area contributed by atoms with Gasteiger partial charge in [0.2, 0.25) is 0 Å². The van der Waals surface area contributed by atoms with Crippen molar-refractivity contribution in [1.29, 1.82) is 0 Å². The first-order valence-electron chi connectivity index (χ1n) is 7.91. The molecule has 1 heterocycles. The van der Waals surface area contributed by atoms with Crippen molar-refractivity contribution in [2.75, 3.05) is 26.3 Å². The van der Waals surface area contributed by atoms with Gasteiger partial charge in [-0.1, -0.05) is 26.0 Å². The Kier molecular flexibility index (Phi) is 6.33.